The zero-order chi connectivity index (χ0) is 24.1. The first-order valence-corrected chi connectivity index (χ1v) is 12.6. The highest BCUT2D eigenvalue weighted by Gasteiger charge is 2.25. The van der Waals surface area contributed by atoms with Gasteiger partial charge in [-0.1, -0.05) is 6.92 Å². The first-order chi connectivity index (χ1) is 15.6. The van der Waals surface area contributed by atoms with Gasteiger partial charge in [-0.25, -0.2) is 35.9 Å². The van der Waals surface area contributed by atoms with Crippen molar-refractivity contribution in [3.05, 3.63) is 72.8 Å². The molecule has 0 saturated carbocycles. The van der Waals surface area contributed by atoms with Crippen LogP contribution in [-0.4, -0.2) is 38.8 Å². The van der Waals surface area contributed by atoms with E-state index in [4.69, 9.17) is 0 Å². The molecule has 174 valence electrons. The molecule has 0 bridgehead atoms. The van der Waals surface area contributed by atoms with Crippen LogP contribution in [0.2, 0.25) is 0 Å². The number of aromatic nitrogens is 2. The van der Waals surface area contributed by atoms with Crippen molar-refractivity contribution in [2.75, 3.05) is 10.0 Å². The van der Waals surface area contributed by atoms with E-state index in [1.165, 1.54) is 36.7 Å². The maximum atomic E-state index is 13.1. The highest BCUT2D eigenvalue weighted by Crippen LogP contribution is 2.17. The zero-order valence-electron chi connectivity index (χ0n) is 17.3. The number of benzene rings is 2. The molecular formula is C20H20FN5O5S2. The summed E-state index contributed by atoms with van der Waals surface area (Å²) in [4.78, 5) is 19.9. The average molecular weight is 494 g/mol. The van der Waals surface area contributed by atoms with Gasteiger partial charge in [0, 0.05) is 18.1 Å². The Kier molecular flexibility index (Phi) is 7.36. The maximum absolute atomic E-state index is 13.1. The Balaban J connectivity index is 1.68. The van der Waals surface area contributed by atoms with Crippen LogP contribution in [0.5, 0.6) is 0 Å². The number of rotatable bonds is 9. The molecule has 0 aliphatic carbocycles. The summed E-state index contributed by atoms with van der Waals surface area (Å²) in [6, 6.07) is 9.88. The maximum Gasteiger partial charge on any atom is 0.264 e. The van der Waals surface area contributed by atoms with Crippen LogP contribution < -0.4 is 14.8 Å². The lowest BCUT2D eigenvalue weighted by molar-refractivity contribution is -0.117. The molecule has 13 heteroatoms. The summed E-state index contributed by atoms with van der Waals surface area (Å²) in [6.07, 6.45) is 2.91. The Bertz CT molecular complexity index is 1320. The second kappa shape index (κ2) is 10.0. The van der Waals surface area contributed by atoms with Gasteiger partial charge < -0.3 is 5.32 Å². The molecule has 1 unspecified atom stereocenters. The van der Waals surface area contributed by atoms with E-state index in [1.807, 2.05) is 0 Å². The van der Waals surface area contributed by atoms with E-state index < -0.39 is 37.8 Å². The molecule has 0 spiro atoms. The average Bonchev–Trinajstić information content (AvgIpc) is 2.78. The fourth-order valence-corrected chi connectivity index (χ4v) is 4.91. The summed E-state index contributed by atoms with van der Waals surface area (Å²) >= 11 is 0. The van der Waals surface area contributed by atoms with E-state index in [0.29, 0.717) is 0 Å². The normalized spacial score (nSPS) is 12.7. The van der Waals surface area contributed by atoms with Gasteiger partial charge in [0.15, 0.2) is 0 Å². The predicted molar refractivity (Wildman–Crippen MR) is 119 cm³/mol. The number of halogens is 1. The first kappa shape index (κ1) is 24.2. The van der Waals surface area contributed by atoms with Crippen molar-refractivity contribution >= 4 is 37.6 Å². The van der Waals surface area contributed by atoms with Crippen LogP contribution >= 0.6 is 0 Å². The third kappa shape index (κ3) is 6.31. The summed E-state index contributed by atoms with van der Waals surface area (Å²) < 4.78 is 67.4. The van der Waals surface area contributed by atoms with Crippen LogP contribution in [0.4, 0.5) is 16.0 Å². The van der Waals surface area contributed by atoms with Gasteiger partial charge in [-0.15, -0.1) is 0 Å². The Hall–Kier alpha value is -3.42. The lowest BCUT2D eigenvalue weighted by Crippen LogP contribution is -2.43. The summed E-state index contributed by atoms with van der Waals surface area (Å²) in [5, 5.41) is 2.54. The van der Waals surface area contributed by atoms with Crippen LogP contribution in [0, 0.1) is 5.82 Å². The van der Waals surface area contributed by atoms with Crippen LogP contribution in [0.3, 0.4) is 0 Å². The zero-order valence-corrected chi connectivity index (χ0v) is 18.9. The second-order valence-corrected chi connectivity index (χ2v) is 10.1. The molecule has 10 nitrogen and oxygen atoms in total. The molecule has 2 aromatic carbocycles. The number of carbonyl (C=O) groups excluding carboxylic acids is 1. The molecule has 33 heavy (non-hydrogen) atoms. The van der Waals surface area contributed by atoms with E-state index in [-0.39, 0.29) is 27.8 Å². The fourth-order valence-electron chi connectivity index (χ4n) is 2.67. The Morgan fingerprint density at radius 1 is 0.909 bits per heavy atom. The lowest BCUT2D eigenvalue weighted by atomic mass is 10.2. The van der Waals surface area contributed by atoms with Gasteiger partial charge in [-0.3, -0.25) is 4.79 Å². The molecule has 0 aliphatic heterocycles. The third-order valence-electron chi connectivity index (χ3n) is 4.37. The second-order valence-electron chi connectivity index (χ2n) is 6.73. The first-order valence-electron chi connectivity index (χ1n) is 9.59. The fraction of sp³-hybridized carbons (Fsp3) is 0.150. The topological polar surface area (TPSA) is 147 Å². The summed E-state index contributed by atoms with van der Waals surface area (Å²) in [5.41, 5.74) is 0.259. The van der Waals surface area contributed by atoms with E-state index in [0.717, 1.165) is 24.3 Å². The van der Waals surface area contributed by atoms with E-state index in [1.54, 1.807) is 13.0 Å². The van der Waals surface area contributed by atoms with Crippen molar-refractivity contribution < 1.29 is 26.0 Å². The van der Waals surface area contributed by atoms with Crippen LogP contribution in [0.15, 0.2) is 76.8 Å². The number of sulfonamides is 2. The van der Waals surface area contributed by atoms with Crippen molar-refractivity contribution in [3.63, 3.8) is 0 Å². The molecule has 1 heterocycles. The van der Waals surface area contributed by atoms with Crippen LogP contribution in [0.25, 0.3) is 0 Å². The van der Waals surface area contributed by atoms with E-state index >= 15 is 0 Å². The SMILES string of the molecule is CCC(NS(=O)(=O)c1ccc(F)cc1)C(=O)Nc1ccc(S(=O)(=O)Nc2ncccn2)cc1. The minimum absolute atomic E-state index is 0.0861. The Labute approximate surface area is 190 Å². The number of carbonyl (C=O) groups is 1. The number of hydrogen-bond donors (Lipinski definition) is 3. The molecule has 3 rings (SSSR count). The van der Waals surface area contributed by atoms with Crippen LogP contribution in [-0.2, 0) is 24.8 Å². The minimum atomic E-state index is -4.06. The van der Waals surface area contributed by atoms with Crippen molar-refractivity contribution in [1.29, 1.82) is 0 Å². The molecule has 1 amide bonds. The molecule has 1 atom stereocenters. The van der Waals surface area contributed by atoms with Crippen LogP contribution in [0.1, 0.15) is 13.3 Å². The molecule has 1 aromatic heterocycles. The van der Waals surface area contributed by atoms with Gasteiger partial charge in [-0.05, 0) is 61.0 Å². The van der Waals surface area contributed by atoms with Gasteiger partial charge in [0.2, 0.25) is 21.9 Å². The van der Waals surface area contributed by atoms with Crippen molar-refractivity contribution in [2.45, 2.75) is 29.2 Å². The summed E-state index contributed by atoms with van der Waals surface area (Å²) in [5.74, 6) is -1.32. The predicted octanol–water partition coefficient (Wildman–Crippen LogP) is 2.11. The van der Waals surface area contributed by atoms with Crippen molar-refractivity contribution in [1.82, 2.24) is 14.7 Å². The van der Waals surface area contributed by atoms with Gasteiger partial charge in [-0.2, -0.15) is 4.72 Å². The number of nitrogens with one attached hydrogen (secondary N) is 3. The molecular weight excluding hydrogens is 473 g/mol. The number of anilines is 2. The minimum Gasteiger partial charge on any atom is -0.325 e. The highest BCUT2D eigenvalue weighted by atomic mass is 32.2. The molecule has 0 fully saturated rings. The number of amides is 1. The Morgan fingerprint density at radius 2 is 1.45 bits per heavy atom. The molecule has 3 N–H and O–H groups in total. The van der Waals surface area contributed by atoms with Crippen molar-refractivity contribution in [3.8, 4) is 0 Å². The third-order valence-corrected chi connectivity index (χ3v) is 7.20. The van der Waals surface area contributed by atoms with Gasteiger partial charge in [0.05, 0.1) is 9.79 Å². The number of hydrogen-bond acceptors (Lipinski definition) is 7. The number of nitrogens with zero attached hydrogens (tertiary/aromatic N) is 2. The molecule has 0 saturated heterocycles. The molecule has 0 radical (unpaired) electrons. The van der Waals surface area contributed by atoms with Crippen molar-refractivity contribution in [2.24, 2.45) is 0 Å². The summed E-state index contributed by atoms with van der Waals surface area (Å²) in [6.45, 7) is 1.62. The highest BCUT2D eigenvalue weighted by molar-refractivity contribution is 7.92. The van der Waals surface area contributed by atoms with Gasteiger partial charge in [0.1, 0.15) is 11.9 Å². The largest absolute Gasteiger partial charge is 0.325 e. The van der Waals surface area contributed by atoms with Gasteiger partial charge in [0.25, 0.3) is 10.0 Å². The lowest BCUT2D eigenvalue weighted by Gasteiger charge is -2.17. The monoisotopic (exact) mass is 493 g/mol. The molecule has 0 aliphatic rings. The smallest absolute Gasteiger partial charge is 0.264 e. The van der Waals surface area contributed by atoms with E-state index in [2.05, 4.69) is 24.7 Å². The molecule has 3 aromatic rings. The van der Waals surface area contributed by atoms with E-state index in [9.17, 15) is 26.0 Å². The quantitative estimate of drug-likeness (QED) is 0.414. The standard InChI is InChI=1S/C20H20FN5O5S2/c1-2-18(25-32(28,29)16-8-4-14(21)5-9-16)19(27)24-15-6-10-17(11-7-15)33(30,31)26-20-22-12-3-13-23-20/h3-13,18,25H,2H2,1H3,(H,24,27)(H,22,23,26). The van der Waals surface area contributed by atoms with Gasteiger partial charge >= 0.3 is 0 Å². The Morgan fingerprint density at radius 3 is 2.03 bits per heavy atom. The summed E-state index contributed by atoms with van der Waals surface area (Å²) in [7, 11) is -8.00.